The molecule has 0 saturated carbocycles. The number of aromatic nitrogens is 7. The van der Waals surface area contributed by atoms with Crippen LogP contribution >= 0.6 is 0 Å². The first-order valence-corrected chi connectivity index (χ1v) is 13.7. The Morgan fingerprint density at radius 1 is 1.12 bits per heavy atom. The molecule has 43 heavy (non-hydrogen) atoms. The zero-order chi connectivity index (χ0) is 30.1. The number of halogens is 3. The molecule has 14 heteroatoms. The predicted octanol–water partition coefficient (Wildman–Crippen LogP) is 5.44. The molecule has 0 bridgehead atoms. The quantitative estimate of drug-likeness (QED) is 0.268. The van der Waals surface area contributed by atoms with Crippen molar-refractivity contribution in [3.8, 4) is 22.6 Å². The number of carbonyl (C=O) groups excluding carboxylic acids is 1. The first-order chi connectivity index (χ1) is 20.7. The number of alkyl halides is 3. The second kappa shape index (κ2) is 11.3. The maximum absolute atomic E-state index is 14.1. The Bertz CT molecular complexity index is 1750. The zero-order valence-corrected chi connectivity index (χ0v) is 23.3. The SMILES string of the molecule is C[C@@H]1CC[C@@H](Nc2ncc(C(F)(F)F)c(-c3c[nH]c4nc(-c5cnnn5C)ccc34)n2)CN1C(=O)OCc1ccccc1. The molecule has 0 radical (unpaired) electrons. The third-order valence-corrected chi connectivity index (χ3v) is 7.52. The Labute approximate surface area is 244 Å². The summed E-state index contributed by atoms with van der Waals surface area (Å²) in [6, 6.07) is 12.4. The van der Waals surface area contributed by atoms with Crippen molar-refractivity contribution in [2.75, 3.05) is 11.9 Å². The number of aromatic amines is 1. The second-order valence-corrected chi connectivity index (χ2v) is 10.5. The average Bonchev–Trinajstić information content (AvgIpc) is 3.62. The zero-order valence-electron chi connectivity index (χ0n) is 23.3. The van der Waals surface area contributed by atoms with E-state index in [2.05, 4.69) is 35.6 Å². The topological polar surface area (TPSA) is 127 Å². The van der Waals surface area contributed by atoms with E-state index in [0.717, 1.165) is 11.8 Å². The molecule has 1 amide bonds. The Kier molecular flexibility index (Phi) is 7.42. The number of aryl methyl sites for hydroxylation is 1. The van der Waals surface area contributed by atoms with Gasteiger partial charge in [0.25, 0.3) is 0 Å². The van der Waals surface area contributed by atoms with E-state index in [4.69, 9.17) is 4.74 Å². The monoisotopic (exact) mass is 591 g/mol. The van der Waals surface area contributed by atoms with Crippen molar-refractivity contribution in [2.45, 2.75) is 44.6 Å². The summed E-state index contributed by atoms with van der Waals surface area (Å²) in [6.45, 7) is 2.37. The number of likely N-dealkylation sites (tertiary alicyclic amines) is 1. The van der Waals surface area contributed by atoms with Crippen molar-refractivity contribution >= 4 is 23.1 Å². The number of nitrogens with one attached hydrogen (secondary N) is 2. The average molecular weight is 592 g/mol. The van der Waals surface area contributed by atoms with E-state index < -0.39 is 17.8 Å². The number of H-pyrrole nitrogens is 1. The van der Waals surface area contributed by atoms with Crippen LogP contribution < -0.4 is 5.32 Å². The summed E-state index contributed by atoms with van der Waals surface area (Å²) in [6.07, 6.45) is -0.00552. The number of anilines is 1. The molecule has 2 N–H and O–H groups in total. The maximum Gasteiger partial charge on any atom is 0.419 e. The number of amides is 1. The molecule has 0 spiro atoms. The number of benzene rings is 1. The second-order valence-electron chi connectivity index (χ2n) is 10.5. The van der Waals surface area contributed by atoms with Gasteiger partial charge in [-0.1, -0.05) is 35.5 Å². The van der Waals surface area contributed by atoms with Gasteiger partial charge >= 0.3 is 12.3 Å². The highest BCUT2D eigenvalue weighted by Crippen LogP contribution is 2.39. The van der Waals surface area contributed by atoms with Gasteiger partial charge in [-0.25, -0.2) is 24.4 Å². The fourth-order valence-electron chi connectivity index (χ4n) is 5.19. The van der Waals surface area contributed by atoms with Gasteiger partial charge in [0, 0.05) is 49.0 Å². The molecule has 222 valence electrons. The predicted molar refractivity (Wildman–Crippen MR) is 152 cm³/mol. The fraction of sp³-hybridized carbons (Fsp3) is 0.310. The summed E-state index contributed by atoms with van der Waals surface area (Å²) in [4.78, 5) is 30.4. The number of piperidine rings is 1. The first-order valence-electron chi connectivity index (χ1n) is 13.7. The highest BCUT2D eigenvalue weighted by molar-refractivity contribution is 5.94. The molecular formula is C29H28F3N9O2. The van der Waals surface area contributed by atoms with Gasteiger partial charge in [-0.3, -0.25) is 0 Å². The standard InChI is InChI=1S/C29H28F3N9O2/c1-17-8-9-19(15-41(17)28(42)43-16-18-6-4-3-5-7-18)36-27-34-13-22(29(30,31)32)25(38-27)21-12-33-26-20(21)10-11-23(37-26)24-14-35-39-40(24)2/h3-7,10-14,17,19H,8-9,15-16H2,1-2H3,(H,33,37)(H,34,36,38)/t17-,19-/m1/s1. The van der Waals surface area contributed by atoms with Crippen molar-refractivity contribution in [2.24, 2.45) is 7.05 Å². The van der Waals surface area contributed by atoms with Crippen molar-refractivity contribution in [1.82, 2.24) is 39.8 Å². The van der Waals surface area contributed by atoms with Crippen LogP contribution in [0.5, 0.6) is 0 Å². The Morgan fingerprint density at radius 2 is 1.93 bits per heavy atom. The van der Waals surface area contributed by atoms with Crippen molar-refractivity contribution in [3.05, 3.63) is 72.2 Å². The Morgan fingerprint density at radius 3 is 2.67 bits per heavy atom. The van der Waals surface area contributed by atoms with Gasteiger partial charge in [0.1, 0.15) is 23.5 Å². The third-order valence-electron chi connectivity index (χ3n) is 7.52. The van der Waals surface area contributed by atoms with E-state index in [1.54, 1.807) is 35.0 Å². The van der Waals surface area contributed by atoms with Crippen molar-refractivity contribution < 1.29 is 22.7 Å². The van der Waals surface area contributed by atoms with Crippen molar-refractivity contribution in [1.29, 1.82) is 0 Å². The van der Waals surface area contributed by atoms with Gasteiger partial charge in [-0.2, -0.15) is 13.2 Å². The Balaban J connectivity index is 1.24. The molecule has 11 nitrogen and oxygen atoms in total. The highest BCUT2D eigenvalue weighted by atomic mass is 19.4. The highest BCUT2D eigenvalue weighted by Gasteiger charge is 2.37. The molecule has 5 heterocycles. The number of ether oxygens (including phenoxy) is 1. The van der Waals surface area contributed by atoms with E-state index in [1.807, 2.05) is 37.3 Å². The number of carbonyl (C=O) groups is 1. The minimum atomic E-state index is -4.69. The van der Waals surface area contributed by atoms with E-state index >= 15 is 0 Å². The summed E-state index contributed by atoms with van der Waals surface area (Å²) in [5.41, 5.74) is 1.46. The number of fused-ring (bicyclic) bond motifs is 1. The maximum atomic E-state index is 14.1. The molecule has 1 aliphatic rings. The number of hydrogen-bond acceptors (Lipinski definition) is 8. The van der Waals surface area contributed by atoms with Gasteiger partial charge in [0.05, 0.1) is 17.6 Å². The minimum absolute atomic E-state index is 0.0278. The smallest absolute Gasteiger partial charge is 0.419 e. The molecule has 0 unspecified atom stereocenters. The molecule has 1 aromatic carbocycles. The molecule has 5 aromatic rings. The van der Waals surface area contributed by atoms with Crippen LogP contribution in [0.25, 0.3) is 33.7 Å². The Hall–Kier alpha value is -5.01. The molecule has 6 rings (SSSR count). The normalized spacial score (nSPS) is 17.3. The number of pyridine rings is 1. The minimum Gasteiger partial charge on any atom is -0.445 e. The fourth-order valence-corrected chi connectivity index (χ4v) is 5.19. The van der Waals surface area contributed by atoms with Crippen LogP contribution in [-0.4, -0.2) is 64.6 Å². The van der Waals surface area contributed by atoms with Gasteiger partial charge in [0.2, 0.25) is 5.95 Å². The molecular weight excluding hydrogens is 563 g/mol. The summed E-state index contributed by atoms with van der Waals surface area (Å²) < 4.78 is 49.4. The molecule has 1 aliphatic heterocycles. The van der Waals surface area contributed by atoms with Crippen molar-refractivity contribution in [3.63, 3.8) is 0 Å². The lowest BCUT2D eigenvalue weighted by Gasteiger charge is -2.37. The largest absolute Gasteiger partial charge is 0.445 e. The van der Waals surface area contributed by atoms with Crippen LogP contribution in [-0.2, 0) is 24.6 Å². The van der Waals surface area contributed by atoms with Crippen LogP contribution in [0.3, 0.4) is 0 Å². The third kappa shape index (κ3) is 5.85. The molecule has 2 atom stereocenters. The van der Waals surface area contributed by atoms with E-state index in [0.29, 0.717) is 35.3 Å². The van der Waals surface area contributed by atoms with Crippen LogP contribution in [0, 0.1) is 0 Å². The number of rotatable bonds is 6. The van der Waals surface area contributed by atoms with Crippen LogP contribution in [0.15, 0.2) is 61.1 Å². The summed E-state index contributed by atoms with van der Waals surface area (Å²) in [5.74, 6) is 0.0278. The molecule has 1 fully saturated rings. The van der Waals surface area contributed by atoms with E-state index in [-0.39, 0.29) is 42.4 Å². The molecule has 0 aliphatic carbocycles. The van der Waals surface area contributed by atoms with Crippen LogP contribution in [0.2, 0.25) is 0 Å². The van der Waals surface area contributed by atoms with Gasteiger partial charge in [-0.15, -0.1) is 5.10 Å². The summed E-state index contributed by atoms with van der Waals surface area (Å²) in [5, 5.41) is 11.4. The first kappa shape index (κ1) is 28.1. The lowest BCUT2D eigenvalue weighted by molar-refractivity contribution is -0.137. The van der Waals surface area contributed by atoms with Crippen LogP contribution in [0.4, 0.5) is 23.9 Å². The van der Waals surface area contributed by atoms with Gasteiger partial charge < -0.3 is 19.9 Å². The molecule has 4 aromatic heterocycles. The number of nitrogens with zero attached hydrogens (tertiary/aromatic N) is 7. The van der Waals surface area contributed by atoms with Gasteiger partial charge in [-0.05, 0) is 37.5 Å². The summed E-state index contributed by atoms with van der Waals surface area (Å²) >= 11 is 0. The van der Waals surface area contributed by atoms with Gasteiger partial charge in [0.15, 0.2) is 0 Å². The number of hydrogen-bond donors (Lipinski definition) is 2. The van der Waals surface area contributed by atoms with E-state index in [1.165, 1.54) is 6.20 Å². The van der Waals surface area contributed by atoms with Crippen LogP contribution in [0.1, 0.15) is 30.9 Å². The lowest BCUT2D eigenvalue weighted by atomic mass is 10.00. The summed E-state index contributed by atoms with van der Waals surface area (Å²) in [7, 11) is 1.72. The van der Waals surface area contributed by atoms with E-state index in [9.17, 15) is 18.0 Å². The molecule has 1 saturated heterocycles. The lowest BCUT2D eigenvalue weighted by Crippen LogP contribution is -2.50.